The number of carboxylic acid groups (broad SMARTS) is 1. The molecule has 134 valence electrons. The van der Waals surface area contributed by atoms with Crippen LogP contribution in [0.2, 0.25) is 0 Å². The summed E-state index contributed by atoms with van der Waals surface area (Å²) in [7, 11) is 0. The van der Waals surface area contributed by atoms with Crippen molar-refractivity contribution in [1.29, 1.82) is 0 Å². The Labute approximate surface area is 138 Å². The third-order valence-electron chi connectivity index (χ3n) is 2.95. The van der Waals surface area contributed by atoms with Crippen LogP contribution in [-0.4, -0.2) is 40.8 Å². The molecule has 7 nitrogen and oxygen atoms in total. The first-order valence-corrected chi connectivity index (χ1v) is 7.86. The molecule has 0 saturated carbocycles. The van der Waals surface area contributed by atoms with E-state index in [-0.39, 0.29) is 11.8 Å². The van der Waals surface area contributed by atoms with Gasteiger partial charge in [-0.1, -0.05) is 27.7 Å². The number of amides is 2. The summed E-state index contributed by atoms with van der Waals surface area (Å²) < 4.78 is 5.15. The lowest BCUT2D eigenvalue weighted by Crippen LogP contribution is -2.54. The number of ether oxygens (including phenoxy) is 1. The maximum Gasteiger partial charge on any atom is 0.408 e. The molecule has 2 amide bonds. The highest BCUT2D eigenvalue weighted by molar-refractivity contribution is 5.89. The lowest BCUT2D eigenvalue weighted by molar-refractivity contribution is -0.143. The van der Waals surface area contributed by atoms with Gasteiger partial charge in [0.15, 0.2) is 0 Å². The number of hydrogen-bond acceptors (Lipinski definition) is 4. The van der Waals surface area contributed by atoms with E-state index in [9.17, 15) is 14.4 Å². The van der Waals surface area contributed by atoms with Crippen LogP contribution in [0.15, 0.2) is 0 Å². The standard InChI is InChI=1S/C16H30N2O5/c1-9(2)8-11(17-15(22)23-16(5,6)7)13(19)18-12(10(3)4)14(20)21/h9-12H,8H2,1-7H3,(H,17,22)(H,18,19)(H,20,21)/t11-,12+/m1/s1. The zero-order valence-corrected chi connectivity index (χ0v) is 15.1. The molecule has 0 aromatic heterocycles. The van der Waals surface area contributed by atoms with E-state index in [1.807, 2.05) is 13.8 Å². The number of hydrogen-bond donors (Lipinski definition) is 3. The molecule has 0 spiro atoms. The molecule has 7 heteroatoms. The topological polar surface area (TPSA) is 105 Å². The summed E-state index contributed by atoms with van der Waals surface area (Å²) in [5.74, 6) is -1.75. The lowest BCUT2D eigenvalue weighted by Gasteiger charge is -2.26. The van der Waals surface area contributed by atoms with E-state index in [1.54, 1.807) is 34.6 Å². The number of aliphatic carboxylic acids is 1. The molecule has 0 aromatic carbocycles. The van der Waals surface area contributed by atoms with Gasteiger partial charge in [0.1, 0.15) is 17.7 Å². The second-order valence-corrected chi connectivity index (χ2v) is 7.40. The molecule has 0 unspecified atom stereocenters. The third kappa shape index (κ3) is 9.05. The highest BCUT2D eigenvalue weighted by Crippen LogP contribution is 2.10. The lowest BCUT2D eigenvalue weighted by atomic mass is 10.0. The van der Waals surface area contributed by atoms with Crippen molar-refractivity contribution in [2.24, 2.45) is 11.8 Å². The smallest absolute Gasteiger partial charge is 0.408 e. The second-order valence-electron chi connectivity index (χ2n) is 7.40. The molecule has 3 N–H and O–H groups in total. The monoisotopic (exact) mass is 330 g/mol. The van der Waals surface area contributed by atoms with E-state index in [0.717, 1.165) is 0 Å². The molecule has 0 bridgehead atoms. The van der Waals surface area contributed by atoms with Crippen molar-refractivity contribution in [3.63, 3.8) is 0 Å². The van der Waals surface area contributed by atoms with E-state index >= 15 is 0 Å². The maximum absolute atomic E-state index is 12.4. The van der Waals surface area contributed by atoms with Crippen molar-refractivity contribution < 1.29 is 24.2 Å². The van der Waals surface area contributed by atoms with Crippen molar-refractivity contribution in [2.45, 2.75) is 72.6 Å². The van der Waals surface area contributed by atoms with Crippen LogP contribution < -0.4 is 10.6 Å². The normalized spacial score (nSPS) is 14.3. The summed E-state index contributed by atoms with van der Waals surface area (Å²) in [5.41, 5.74) is -0.676. The van der Waals surface area contributed by atoms with E-state index in [1.165, 1.54) is 0 Å². The van der Waals surface area contributed by atoms with Gasteiger partial charge in [0.25, 0.3) is 0 Å². The summed E-state index contributed by atoms with van der Waals surface area (Å²) in [4.78, 5) is 35.4. The molecule has 0 fully saturated rings. The zero-order valence-electron chi connectivity index (χ0n) is 15.1. The first-order chi connectivity index (χ1) is 10.3. The van der Waals surface area contributed by atoms with Gasteiger partial charge in [0.2, 0.25) is 5.91 Å². The fourth-order valence-corrected chi connectivity index (χ4v) is 1.92. The molecule has 0 radical (unpaired) electrons. The Hall–Kier alpha value is -1.79. The van der Waals surface area contributed by atoms with Crippen LogP contribution in [0.5, 0.6) is 0 Å². The first kappa shape index (κ1) is 21.2. The Morgan fingerprint density at radius 3 is 1.91 bits per heavy atom. The average Bonchev–Trinajstić information content (AvgIpc) is 2.30. The van der Waals surface area contributed by atoms with Gasteiger partial charge in [-0.3, -0.25) is 4.79 Å². The van der Waals surface area contributed by atoms with Crippen LogP contribution in [0.1, 0.15) is 54.9 Å². The Morgan fingerprint density at radius 1 is 1.04 bits per heavy atom. The van der Waals surface area contributed by atoms with E-state index in [2.05, 4.69) is 10.6 Å². The largest absolute Gasteiger partial charge is 0.480 e. The van der Waals surface area contributed by atoms with Crippen molar-refractivity contribution in [2.75, 3.05) is 0 Å². The van der Waals surface area contributed by atoms with Gasteiger partial charge >= 0.3 is 12.1 Å². The van der Waals surface area contributed by atoms with E-state index in [4.69, 9.17) is 9.84 Å². The fourth-order valence-electron chi connectivity index (χ4n) is 1.92. The van der Waals surface area contributed by atoms with Crippen LogP contribution in [0.25, 0.3) is 0 Å². The van der Waals surface area contributed by atoms with Gasteiger partial charge in [0.05, 0.1) is 0 Å². The number of carbonyl (C=O) groups excluding carboxylic acids is 2. The predicted molar refractivity (Wildman–Crippen MR) is 87.0 cm³/mol. The zero-order chi connectivity index (χ0) is 18.4. The highest BCUT2D eigenvalue weighted by atomic mass is 16.6. The highest BCUT2D eigenvalue weighted by Gasteiger charge is 2.30. The fraction of sp³-hybridized carbons (Fsp3) is 0.812. The van der Waals surface area contributed by atoms with Crippen molar-refractivity contribution in [3.05, 3.63) is 0 Å². The van der Waals surface area contributed by atoms with Gasteiger partial charge in [-0.2, -0.15) is 0 Å². The summed E-state index contributed by atoms with van der Waals surface area (Å²) in [5, 5.41) is 14.2. The summed E-state index contributed by atoms with van der Waals surface area (Å²) in [6.45, 7) is 12.4. The van der Waals surface area contributed by atoms with Crippen molar-refractivity contribution in [1.82, 2.24) is 10.6 Å². The molecule has 23 heavy (non-hydrogen) atoms. The molecule has 0 heterocycles. The molecule has 0 saturated heterocycles. The van der Waals surface area contributed by atoms with Gasteiger partial charge in [-0.05, 0) is 39.0 Å². The van der Waals surface area contributed by atoms with Crippen LogP contribution in [0.4, 0.5) is 4.79 Å². The molecule has 0 aliphatic carbocycles. The van der Waals surface area contributed by atoms with Crippen LogP contribution in [-0.2, 0) is 14.3 Å². The number of carbonyl (C=O) groups is 3. The minimum atomic E-state index is -1.10. The Morgan fingerprint density at radius 2 is 1.57 bits per heavy atom. The molecule has 0 aromatic rings. The van der Waals surface area contributed by atoms with Gasteiger partial charge in [0, 0.05) is 0 Å². The molecule has 0 aliphatic rings. The number of rotatable bonds is 7. The molecule has 2 atom stereocenters. The van der Waals surface area contributed by atoms with E-state index < -0.39 is 35.7 Å². The molecular formula is C16H30N2O5. The van der Waals surface area contributed by atoms with E-state index in [0.29, 0.717) is 6.42 Å². The van der Waals surface area contributed by atoms with Gasteiger partial charge in [-0.25, -0.2) is 9.59 Å². The SMILES string of the molecule is CC(C)C[C@@H](NC(=O)OC(C)(C)C)C(=O)N[C@H](C(=O)O)C(C)C. The van der Waals surface area contributed by atoms with Crippen molar-refractivity contribution in [3.8, 4) is 0 Å². The number of alkyl carbamates (subject to hydrolysis) is 1. The number of nitrogens with one attached hydrogen (secondary N) is 2. The Bertz CT molecular complexity index is 427. The molecular weight excluding hydrogens is 300 g/mol. The minimum Gasteiger partial charge on any atom is -0.480 e. The number of carboxylic acids is 1. The van der Waals surface area contributed by atoms with Gasteiger partial charge < -0.3 is 20.5 Å². The summed E-state index contributed by atoms with van der Waals surface area (Å²) >= 11 is 0. The van der Waals surface area contributed by atoms with Gasteiger partial charge in [-0.15, -0.1) is 0 Å². The average molecular weight is 330 g/mol. The van der Waals surface area contributed by atoms with Crippen LogP contribution >= 0.6 is 0 Å². The summed E-state index contributed by atoms with van der Waals surface area (Å²) in [6.07, 6.45) is -0.315. The Balaban J connectivity index is 4.98. The van der Waals surface area contributed by atoms with Crippen LogP contribution in [0, 0.1) is 11.8 Å². The molecule has 0 aliphatic heterocycles. The van der Waals surface area contributed by atoms with Crippen molar-refractivity contribution >= 4 is 18.0 Å². The minimum absolute atomic E-state index is 0.142. The quantitative estimate of drug-likeness (QED) is 0.663. The predicted octanol–water partition coefficient (Wildman–Crippen LogP) is 2.15. The molecule has 0 rings (SSSR count). The first-order valence-electron chi connectivity index (χ1n) is 7.86. The van der Waals surface area contributed by atoms with Crippen LogP contribution in [0.3, 0.4) is 0 Å². The Kier molecular flexibility index (Phi) is 8.06. The summed E-state index contributed by atoms with van der Waals surface area (Å²) in [6, 6.07) is -1.84. The third-order valence-corrected chi connectivity index (χ3v) is 2.95. The maximum atomic E-state index is 12.4. The second kappa shape index (κ2) is 8.74.